The largest absolute Gasteiger partial charge is 0.363 e. The standard InChI is InChI=1S/C31H45N5O6S/c1-17(2)23(24(37)19-11-13-20(43-6)14-12-19)34-30(42)35-26(31(3,4)5)29(41)36-15-7-8-22(36)28(40)33-21(16-18-9-10-18)25(38)27(32)39/h11-14,17-18,21-23,26H,7-10,15-16H2,1-6H3,(H2,32,39)(H,33,40)(H2,34,35,42). The summed E-state index contributed by atoms with van der Waals surface area (Å²) < 4.78 is 0. The van der Waals surface area contributed by atoms with E-state index < -0.39 is 59.1 Å². The maximum atomic E-state index is 13.9. The van der Waals surface area contributed by atoms with Crippen LogP contribution < -0.4 is 21.7 Å². The zero-order valence-corrected chi connectivity index (χ0v) is 26.7. The molecule has 5 amide bonds. The van der Waals surface area contributed by atoms with Crippen molar-refractivity contribution in [1.29, 1.82) is 0 Å². The fraction of sp³-hybridized carbons (Fsp3) is 0.613. The molecule has 2 fully saturated rings. The van der Waals surface area contributed by atoms with Crippen LogP contribution in [0.2, 0.25) is 0 Å². The predicted molar refractivity (Wildman–Crippen MR) is 164 cm³/mol. The Morgan fingerprint density at radius 1 is 0.977 bits per heavy atom. The predicted octanol–water partition coefficient (Wildman–Crippen LogP) is 2.66. The molecule has 5 N–H and O–H groups in total. The van der Waals surface area contributed by atoms with Gasteiger partial charge in [0.1, 0.15) is 12.1 Å². The highest BCUT2D eigenvalue weighted by molar-refractivity contribution is 7.98. The summed E-state index contributed by atoms with van der Waals surface area (Å²) in [6.07, 6.45) is 5.05. The van der Waals surface area contributed by atoms with Crippen molar-refractivity contribution in [3.8, 4) is 0 Å². The van der Waals surface area contributed by atoms with E-state index in [9.17, 15) is 28.8 Å². The van der Waals surface area contributed by atoms with Crippen molar-refractivity contribution >= 4 is 47.1 Å². The van der Waals surface area contributed by atoms with Crippen molar-refractivity contribution in [2.45, 2.75) is 95.8 Å². The van der Waals surface area contributed by atoms with Crippen LogP contribution in [0.4, 0.5) is 4.79 Å². The lowest BCUT2D eigenvalue weighted by Gasteiger charge is -2.36. The van der Waals surface area contributed by atoms with Gasteiger partial charge >= 0.3 is 6.03 Å². The number of hydrogen-bond acceptors (Lipinski definition) is 7. The minimum Gasteiger partial charge on any atom is -0.363 e. The second-order valence-electron chi connectivity index (χ2n) is 12.9. The van der Waals surface area contributed by atoms with E-state index in [0.29, 0.717) is 31.4 Å². The van der Waals surface area contributed by atoms with Crippen LogP contribution in [0, 0.1) is 17.3 Å². The Hall–Kier alpha value is -3.41. The molecule has 2 aliphatic rings. The van der Waals surface area contributed by atoms with Crippen molar-refractivity contribution in [1.82, 2.24) is 20.9 Å². The fourth-order valence-corrected chi connectivity index (χ4v) is 5.67. The van der Waals surface area contributed by atoms with Crippen molar-refractivity contribution in [2.75, 3.05) is 12.8 Å². The lowest BCUT2D eigenvalue weighted by molar-refractivity contribution is -0.143. The molecule has 236 valence electrons. The molecule has 1 aliphatic heterocycles. The van der Waals surface area contributed by atoms with Crippen molar-refractivity contribution in [2.24, 2.45) is 23.0 Å². The van der Waals surface area contributed by atoms with Crippen LogP contribution in [0.15, 0.2) is 29.2 Å². The van der Waals surface area contributed by atoms with Crippen molar-refractivity contribution < 1.29 is 28.8 Å². The van der Waals surface area contributed by atoms with E-state index in [2.05, 4.69) is 16.0 Å². The zero-order chi connectivity index (χ0) is 32.1. The summed E-state index contributed by atoms with van der Waals surface area (Å²) in [6.45, 7) is 9.36. The van der Waals surface area contributed by atoms with E-state index in [1.807, 2.05) is 32.2 Å². The van der Waals surface area contributed by atoms with E-state index in [1.54, 1.807) is 44.7 Å². The topological polar surface area (TPSA) is 168 Å². The van der Waals surface area contributed by atoms with Crippen LogP contribution in [0.1, 0.15) is 77.1 Å². The van der Waals surface area contributed by atoms with E-state index >= 15 is 0 Å². The molecule has 4 unspecified atom stereocenters. The van der Waals surface area contributed by atoms with Crippen molar-refractivity contribution in [3.05, 3.63) is 29.8 Å². The summed E-state index contributed by atoms with van der Waals surface area (Å²) in [6, 6.07) is 2.77. The number of Topliss-reactive ketones (excluding diaryl/α,β-unsaturated/α-hetero) is 2. The highest BCUT2D eigenvalue weighted by atomic mass is 32.2. The van der Waals surface area contributed by atoms with E-state index in [4.69, 9.17) is 5.73 Å². The molecule has 1 saturated heterocycles. The number of nitrogens with zero attached hydrogens (tertiary/aromatic N) is 1. The average Bonchev–Trinajstić information content (AvgIpc) is 3.63. The second-order valence-corrected chi connectivity index (χ2v) is 13.8. The molecule has 0 spiro atoms. The lowest BCUT2D eigenvalue weighted by atomic mass is 9.85. The van der Waals surface area contributed by atoms with E-state index in [-0.39, 0.29) is 17.6 Å². The van der Waals surface area contributed by atoms with Gasteiger partial charge in [0.25, 0.3) is 5.91 Å². The number of amides is 5. The number of urea groups is 1. The highest BCUT2D eigenvalue weighted by Crippen LogP contribution is 2.34. The van der Waals surface area contributed by atoms with Crippen LogP contribution in [0.5, 0.6) is 0 Å². The molecule has 0 radical (unpaired) electrons. The molecule has 11 nitrogen and oxygen atoms in total. The number of rotatable bonds is 13. The summed E-state index contributed by atoms with van der Waals surface area (Å²) >= 11 is 1.56. The Morgan fingerprint density at radius 2 is 1.60 bits per heavy atom. The number of carbonyl (C=O) groups excluding carboxylic acids is 6. The molecule has 43 heavy (non-hydrogen) atoms. The zero-order valence-electron chi connectivity index (χ0n) is 25.9. The maximum Gasteiger partial charge on any atom is 0.316 e. The van der Waals surface area contributed by atoms with E-state index in [1.165, 1.54) is 4.90 Å². The fourth-order valence-electron chi connectivity index (χ4n) is 5.26. The second kappa shape index (κ2) is 14.4. The molecule has 4 atom stereocenters. The van der Waals surface area contributed by atoms with Crippen LogP contribution in [0.3, 0.4) is 0 Å². The molecule has 1 aromatic rings. The Labute approximate surface area is 257 Å². The van der Waals surface area contributed by atoms with Crippen LogP contribution >= 0.6 is 11.8 Å². The molecule has 3 rings (SSSR count). The summed E-state index contributed by atoms with van der Waals surface area (Å²) in [5.74, 6) is -3.14. The number of likely N-dealkylation sites (tertiary alicyclic amines) is 1. The van der Waals surface area contributed by atoms with Gasteiger partial charge < -0.3 is 26.6 Å². The Kier molecular flexibility index (Phi) is 11.4. The molecule has 1 saturated carbocycles. The number of nitrogens with two attached hydrogens (primary N) is 1. The Morgan fingerprint density at radius 3 is 2.12 bits per heavy atom. The van der Waals surface area contributed by atoms with Gasteiger partial charge in [-0.15, -0.1) is 11.8 Å². The first kappa shape index (κ1) is 34.1. The van der Waals surface area contributed by atoms with Gasteiger partial charge in [-0.3, -0.25) is 24.0 Å². The molecule has 0 bridgehead atoms. The molecule has 0 aromatic heterocycles. The molecular formula is C31H45N5O6S. The normalized spacial score (nSPS) is 18.9. The van der Waals surface area contributed by atoms with Gasteiger partial charge in [0, 0.05) is 17.0 Å². The Bertz CT molecular complexity index is 1220. The first-order chi connectivity index (χ1) is 20.1. The average molecular weight is 616 g/mol. The number of thioether (sulfide) groups is 1. The van der Waals surface area contributed by atoms with Gasteiger partial charge in [0.2, 0.25) is 17.6 Å². The van der Waals surface area contributed by atoms with Gasteiger partial charge in [-0.25, -0.2) is 4.79 Å². The number of ketones is 2. The summed E-state index contributed by atoms with van der Waals surface area (Å²) in [7, 11) is 0. The molecular weight excluding hydrogens is 570 g/mol. The van der Waals surface area contributed by atoms with Crippen LogP contribution in [-0.2, 0) is 19.2 Å². The smallest absolute Gasteiger partial charge is 0.316 e. The maximum absolute atomic E-state index is 13.9. The highest BCUT2D eigenvalue weighted by Gasteiger charge is 2.43. The van der Waals surface area contributed by atoms with Gasteiger partial charge in [-0.2, -0.15) is 0 Å². The van der Waals surface area contributed by atoms with Gasteiger partial charge in [-0.1, -0.05) is 59.6 Å². The van der Waals surface area contributed by atoms with Gasteiger partial charge in [0.05, 0.1) is 12.1 Å². The third kappa shape index (κ3) is 9.04. The number of nitrogens with one attached hydrogen (secondary N) is 3. The first-order valence-corrected chi connectivity index (χ1v) is 16.1. The lowest BCUT2D eigenvalue weighted by Crippen LogP contribution is -2.61. The van der Waals surface area contributed by atoms with Gasteiger partial charge in [-0.05, 0) is 54.9 Å². The number of benzene rings is 1. The number of carbonyl (C=O) groups is 6. The first-order valence-electron chi connectivity index (χ1n) is 14.8. The van der Waals surface area contributed by atoms with Gasteiger partial charge in [0.15, 0.2) is 5.78 Å². The third-order valence-corrected chi connectivity index (χ3v) is 8.72. The summed E-state index contributed by atoms with van der Waals surface area (Å²) in [5, 5.41) is 8.20. The molecule has 1 aliphatic carbocycles. The quantitative estimate of drug-likeness (QED) is 0.150. The SMILES string of the molecule is CSc1ccc(C(=O)C(NC(=O)NC(C(=O)N2CCCC2C(=O)NC(CC2CC2)C(=O)C(N)=O)C(C)(C)C)C(C)C)cc1. The number of hydrogen-bond donors (Lipinski definition) is 4. The monoisotopic (exact) mass is 615 g/mol. The molecule has 1 heterocycles. The van der Waals surface area contributed by atoms with E-state index in [0.717, 1.165) is 17.7 Å². The molecule has 12 heteroatoms. The minimum absolute atomic E-state index is 0.222. The summed E-state index contributed by atoms with van der Waals surface area (Å²) in [4.78, 5) is 80.2. The summed E-state index contributed by atoms with van der Waals surface area (Å²) in [5.41, 5.74) is 4.95. The van der Waals surface area contributed by atoms with Crippen LogP contribution in [-0.4, -0.2) is 77.2 Å². The Balaban J connectivity index is 1.73. The number of primary amides is 1. The van der Waals surface area contributed by atoms with Crippen LogP contribution in [0.25, 0.3) is 0 Å². The van der Waals surface area contributed by atoms with Crippen molar-refractivity contribution in [3.63, 3.8) is 0 Å². The minimum atomic E-state index is -1.11. The molecule has 1 aromatic carbocycles. The third-order valence-electron chi connectivity index (χ3n) is 7.98.